The van der Waals surface area contributed by atoms with Gasteiger partial charge in [0.2, 0.25) is 5.91 Å². The Morgan fingerprint density at radius 3 is 2.65 bits per heavy atom. The standard InChI is InChI=1S/C12H15BrN2O2/c13-9-3-1-2-4-10(9)15-11(16)12(14)5-7-17-8-6-12/h1-4H,5-8,14H2,(H,15,16). The Bertz CT molecular complexity index is 417. The summed E-state index contributed by atoms with van der Waals surface area (Å²) in [6, 6.07) is 7.48. The van der Waals surface area contributed by atoms with Gasteiger partial charge in [-0.05, 0) is 40.9 Å². The van der Waals surface area contributed by atoms with Crippen LogP contribution in [0.2, 0.25) is 0 Å². The van der Waals surface area contributed by atoms with Gasteiger partial charge in [-0.25, -0.2) is 0 Å². The normalized spacial score (nSPS) is 18.7. The molecule has 1 aliphatic rings. The molecule has 0 bridgehead atoms. The Kier molecular flexibility index (Phi) is 3.81. The SMILES string of the molecule is NC1(C(=O)Nc2ccccc2Br)CCOCC1. The molecule has 1 heterocycles. The number of rotatable bonds is 2. The van der Waals surface area contributed by atoms with E-state index in [4.69, 9.17) is 10.5 Å². The van der Waals surface area contributed by atoms with E-state index in [1.54, 1.807) is 0 Å². The summed E-state index contributed by atoms with van der Waals surface area (Å²) in [5.41, 5.74) is 6.03. The highest BCUT2D eigenvalue weighted by Gasteiger charge is 2.36. The van der Waals surface area contributed by atoms with Gasteiger partial charge in [0.1, 0.15) is 5.54 Å². The molecular weight excluding hydrogens is 284 g/mol. The number of hydrogen-bond donors (Lipinski definition) is 2. The van der Waals surface area contributed by atoms with Crippen LogP contribution in [-0.4, -0.2) is 24.7 Å². The highest BCUT2D eigenvalue weighted by molar-refractivity contribution is 9.10. The highest BCUT2D eigenvalue weighted by Crippen LogP contribution is 2.24. The topological polar surface area (TPSA) is 64.4 Å². The van der Waals surface area contributed by atoms with Crippen LogP contribution in [0.3, 0.4) is 0 Å². The first-order chi connectivity index (χ1) is 8.12. The van der Waals surface area contributed by atoms with Crippen LogP contribution in [0.5, 0.6) is 0 Å². The summed E-state index contributed by atoms with van der Waals surface area (Å²) in [7, 11) is 0. The molecule has 0 aromatic heterocycles. The summed E-state index contributed by atoms with van der Waals surface area (Å²) < 4.78 is 6.07. The van der Waals surface area contributed by atoms with Crippen LogP contribution in [0, 0.1) is 0 Å². The van der Waals surface area contributed by atoms with E-state index in [2.05, 4.69) is 21.2 Å². The zero-order valence-corrected chi connectivity index (χ0v) is 11.0. The molecule has 5 heteroatoms. The molecule has 1 amide bonds. The van der Waals surface area contributed by atoms with E-state index < -0.39 is 5.54 Å². The molecule has 0 spiro atoms. The highest BCUT2D eigenvalue weighted by atomic mass is 79.9. The monoisotopic (exact) mass is 298 g/mol. The van der Waals surface area contributed by atoms with Crippen molar-refractivity contribution in [1.29, 1.82) is 0 Å². The lowest BCUT2D eigenvalue weighted by molar-refractivity contribution is -0.124. The summed E-state index contributed by atoms with van der Waals surface area (Å²) in [4.78, 5) is 12.1. The zero-order valence-electron chi connectivity index (χ0n) is 9.41. The van der Waals surface area contributed by atoms with E-state index >= 15 is 0 Å². The van der Waals surface area contributed by atoms with E-state index in [0.29, 0.717) is 26.1 Å². The predicted molar refractivity (Wildman–Crippen MR) is 69.7 cm³/mol. The number of benzene rings is 1. The van der Waals surface area contributed by atoms with Gasteiger partial charge in [-0.15, -0.1) is 0 Å². The van der Waals surface area contributed by atoms with Gasteiger partial charge < -0.3 is 15.8 Å². The fourth-order valence-electron chi connectivity index (χ4n) is 1.77. The predicted octanol–water partition coefficient (Wildman–Crippen LogP) is 1.90. The third-order valence-corrected chi connectivity index (χ3v) is 3.65. The van der Waals surface area contributed by atoms with Crippen molar-refractivity contribution in [2.45, 2.75) is 18.4 Å². The number of amides is 1. The van der Waals surface area contributed by atoms with Crippen LogP contribution in [0.4, 0.5) is 5.69 Å². The van der Waals surface area contributed by atoms with Crippen LogP contribution >= 0.6 is 15.9 Å². The van der Waals surface area contributed by atoms with Crippen molar-refractivity contribution in [3.8, 4) is 0 Å². The van der Waals surface area contributed by atoms with Crippen molar-refractivity contribution >= 4 is 27.5 Å². The number of anilines is 1. The van der Waals surface area contributed by atoms with Crippen LogP contribution in [-0.2, 0) is 9.53 Å². The summed E-state index contributed by atoms with van der Waals surface area (Å²) in [5, 5.41) is 2.85. The maximum absolute atomic E-state index is 12.1. The molecule has 1 fully saturated rings. The zero-order chi connectivity index (χ0) is 12.3. The maximum Gasteiger partial charge on any atom is 0.244 e. The van der Waals surface area contributed by atoms with Crippen molar-refractivity contribution in [2.75, 3.05) is 18.5 Å². The summed E-state index contributed by atoms with van der Waals surface area (Å²) >= 11 is 3.39. The molecule has 1 aromatic rings. The molecule has 0 radical (unpaired) electrons. The Balaban J connectivity index is 2.08. The van der Waals surface area contributed by atoms with Crippen LogP contribution < -0.4 is 11.1 Å². The van der Waals surface area contributed by atoms with Crippen molar-refractivity contribution < 1.29 is 9.53 Å². The van der Waals surface area contributed by atoms with Crippen LogP contribution in [0.25, 0.3) is 0 Å². The lowest BCUT2D eigenvalue weighted by atomic mass is 9.90. The first-order valence-electron chi connectivity index (χ1n) is 5.54. The summed E-state index contributed by atoms with van der Waals surface area (Å²) in [6.45, 7) is 1.08. The second kappa shape index (κ2) is 5.16. The molecule has 1 aliphatic heterocycles. The number of hydrogen-bond acceptors (Lipinski definition) is 3. The molecule has 0 atom stereocenters. The third kappa shape index (κ3) is 2.86. The van der Waals surface area contributed by atoms with E-state index in [-0.39, 0.29) is 5.91 Å². The fourth-order valence-corrected chi connectivity index (χ4v) is 2.16. The number of carbonyl (C=O) groups is 1. The Hall–Kier alpha value is -0.910. The molecule has 3 N–H and O–H groups in total. The summed E-state index contributed by atoms with van der Waals surface area (Å²) in [6.07, 6.45) is 1.12. The average Bonchev–Trinajstić information content (AvgIpc) is 2.33. The largest absolute Gasteiger partial charge is 0.381 e. The lowest BCUT2D eigenvalue weighted by Crippen LogP contribution is -2.54. The number of halogens is 1. The maximum atomic E-state index is 12.1. The van der Waals surface area contributed by atoms with Gasteiger partial charge in [0.05, 0.1) is 5.69 Å². The molecule has 1 aromatic carbocycles. The number of nitrogens with two attached hydrogens (primary N) is 1. The first-order valence-corrected chi connectivity index (χ1v) is 6.34. The molecule has 4 nitrogen and oxygen atoms in total. The van der Waals surface area contributed by atoms with E-state index in [0.717, 1.165) is 10.2 Å². The third-order valence-electron chi connectivity index (χ3n) is 2.96. The molecular formula is C12H15BrN2O2. The fraction of sp³-hybridized carbons (Fsp3) is 0.417. The van der Waals surface area contributed by atoms with Gasteiger partial charge >= 0.3 is 0 Å². The van der Waals surface area contributed by atoms with Crippen molar-refractivity contribution in [2.24, 2.45) is 5.73 Å². The Morgan fingerprint density at radius 1 is 1.35 bits per heavy atom. The van der Waals surface area contributed by atoms with Crippen molar-refractivity contribution in [3.05, 3.63) is 28.7 Å². The van der Waals surface area contributed by atoms with Crippen LogP contribution in [0.1, 0.15) is 12.8 Å². The number of carbonyl (C=O) groups excluding carboxylic acids is 1. The van der Waals surface area contributed by atoms with Crippen molar-refractivity contribution in [3.63, 3.8) is 0 Å². The Labute approximate surface area is 109 Å². The quantitative estimate of drug-likeness (QED) is 0.876. The summed E-state index contributed by atoms with van der Waals surface area (Å²) in [5.74, 6) is -0.146. The Morgan fingerprint density at radius 2 is 2.00 bits per heavy atom. The minimum absolute atomic E-state index is 0.146. The van der Waals surface area contributed by atoms with E-state index in [9.17, 15) is 4.79 Å². The minimum Gasteiger partial charge on any atom is -0.381 e. The number of para-hydroxylation sites is 1. The molecule has 2 rings (SSSR count). The van der Waals surface area contributed by atoms with Crippen molar-refractivity contribution in [1.82, 2.24) is 0 Å². The van der Waals surface area contributed by atoms with Gasteiger partial charge in [0, 0.05) is 17.7 Å². The van der Waals surface area contributed by atoms with E-state index in [1.807, 2.05) is 24.3 Å². The second-order valence-corrected chi connectivity index (χ2v) is 5.06. The molecule has 92 valence electrons. The van der Waals surface area contributed by atoms with Gasteiger partial charge in [0.25, 0.3) is 0 Å². The van der Waals surface area contributed by atoms with Crippen LogP contribution in [0.15, 0.2) is 28.7 Å². The smallest absolute Gasteiger partial charge is 0.244 e. The van der Waals surface area contributed by atoms with Gasteiger partial charge in [-0.2, -0.15) is 0 Å². The van der Waals surface area contributed by atoms with Gasteiger partial charge in [0.15, 0.2) is 0 Å². The van der Waals surface area contributed by atoms with E-state index in [1.165, 1.54) is 0 Å². The minimum atomic E-state index is -0.812. The van der Waals surface area contributed by atoms with Gasteiger partial charge in [-0.1, -0.05) is 12.1 Å². The lowest BCUT2D eigenvalue weighted by Gasteiger charge is -2.31. The molecule has 0 saturated carbocycles. The molecule has 0 aliphatic carbocycles. The number of ether oxygens (including phenoxy) is 1. The average molecular weight is 299 g/mol. The number of nitrogens with one attached hydrogen (secondary N) is 1. The molecule has 1 saturated heterocycles. The van der Waals surface area contributed by atoms with Gasteiger partial charge in [-0.3, -0.25) is 4.79 Å². The molecule has 0 unspecified atom stereocenters. The second-order valence-electron chi connectivity index (χ2n) is 4.20. The molecule has 17 heavy (non-hydrogen) atoms. The first kappa shape index (κ1) is 12.5.